The van der Waals surface area contributed by atoms with Crippen LogP contribution in [0.15, 0.2) is 69.9 Å². The first-order valence-electron chi connectivity index (χ1n) is 10.6. The first kappa shape index (κ1) is 20.9. The van der Waals surface area contributed by atoms with Crippen LogP contribution in [-0.4, -0.2) is 17.9 Å². The van der Waals surface area contributed by atoms with Crippen LogP contribution in [0.5, 0.6) is 5.75 Å². The third-order valence-corrected chi connectivity index (χ3v) is 6.09. The van der Waals surface area contributed by atoms with Crippen molar-refractivity contribution in [3.8, 4) is 5.75 Å². The van der Waals surface area contributed by atoms with E-state index in [1.165, 1.54) is 12.1 Å². The van der Waals surface area contributed by atoms with Gasteiger partial charge in [-0.15, -0.1) is 0 Å². The minimum absolute atomic E-state index is 0.0438. The number of nitrogens with zero attached hydrogens (tertiary/aromatic N) is 1. The highest BCUT2D eigenvalue weighted by molar-refractivity contribution is 5.99. The molecule has 0 N–H and O–H groups in total. The fourth-order valence-electron chi connectivity index (χ4n) is 4.56. The maximum absolute atomic E-state index is 13.7. The Labute approximate surface area is 190 Å². The van der Waals surface area contributed by atoms with Gasteiger partial charge in [-0.3, -0.25) is 9.59 Å². The molecule has 0 bridgehead atoms. The highest BCUT2D eigenvalue weighted by atomic mass is 19.1. The molecule has 0 fully saturated rings. The molecule has 2 heterocycles. The maximum atomic E-state index is 13.7. The lowest BCUT2D eigenvalue weighted by Crippen LogP contribution is -2.29. The van der Waals surface area contributed by atoms with Gasteiger partial charge < -0.3 is 14.1 Å². The number of benzene rings is 3. The van der Waals surface area contributed by atoms with Crippen molar-refractivity contribution in [2.24, 2.45) is 0 Å². The first-order chi connectivity index (χ1) is 15.9. The summed E-state index contributed by atoms with van der Waals surface area (Å²) in [6.45, 7) is 4.03. The van der Waals surface area contributed by atoms with Crippen molar-refractivity contribution < 1.29 is 18.3 Å². The van der Waals surface area contributed by atoms with Gasteiger partial charge in [0, 0.05) is 6.54 Å². The van der Waals surface area contributed by atoms with Crippen molar-refractivity contribution in [3.63, 3.8) is 0 Å². The van der Waals surface area contributed by atoms with E-state index in [1.54, 1.807) is 30.2 Å². The van der Waals surface area contributed by atoms with E-state index in [0.29, 0.717) is 22.3 Å². The Morgan fingerprint density at radius 3 is 2.36 bits per heavy atom. The quantitative estimate of drug-likeness (QED) is 0.429. The molecule has 1 aliphatic rings. The predicted octanol–water partition coefficient (Wildman–Crippen LogP) is 5.30. The van der Waals surface area contributed by atoms with Gasteiger partial charge in [-0.25, -0.2) is 4.39 Å². The number of carbonyl (C=O) groups excluding carboxylic acids is 1. The molecule has 1 atom stereocenters. The monoisotopic (exact) mass is 443 g/mol. The zero-order valence-electron chi connectivity index (χ0n) is 18.5. The molecule has 1 aromatic heterocycles. The van der Waals surface area contributed by atoms with Gasteiger partial charge in [0.2, 0.25) is 5.76 Å². The predicted molar refractivity (Wildman–Crippen MR) is 123 cm³/mol. The van der Waals surface area contributed by atoms with Crippen LogP contribution in [-0.2, 0) is 6.54 Å². The minimum atomic E-state index is -0.684. The zero-order valence-corrected chi connectivity index (χ0v) is 18.5. The van der Waals surface area contributed by atoms with Gasteiger partial charge in [0.15, 0.2) is 5.43 Å². The Hall–Kier alpha value is -3.93. The lowest BCUT2D eigenvalue weighted by atomic mass is 9.97. The second kappa shape index (κ2) is 7.89. The fourth-order valence-corrected chi connectivity index (χ4v) is 4.56. The molecule has 3 aromatic carbocycles. The normalized spacial score (nSPS) is 15.2. The summed E-state index contributed by atoms with van der Waals surface area (Å²) in [4.78, 5) is 28.8. The van der Waals surface area contributed by atoms with Crippen LogP contribution in [0.1, 0.15) is 44.4 Å². The lowest BCUT2D eigenvalue weighted by Gasteiger charge is -2.25. The smallest absolute Gasteiger partial charge is 0.291 e. The molecule has 0 saturated carbocycles. The summed E-state index contributed by atoms with van der Waals surface area (Å²) in [6, 6.07) is 16.3. The third-order valence-electron chi connectivity index (χ3n) is 6.09. The van der Waals surface area contributed by atoms with Gasteiger partial charge in [0.1, 0.15) is 17.1 Å². The standard InChI is InChI=1S/C27H22FNO4/c1-15-12-16(2)25-21(13-15)24(30)22-23(18-6-8-19(28)9-7-18)29(27(31)26(22)33-25)14-17-4-10-20(32-3)11-5-17/h4-13,23H,14H2,1-3H3. The molecule has 1 unspecified atom stereocenters. The van der Waals surface area contributed by atoms with Crippen molar-refractivity contribution in [1.82, 2.24) is 4.90 Å². The van der Waals surface area contributed by atoms with Crippen LogP contribution in [0.4, 0.5) is 4.39 Å². The molecule has 5 nitrogen and oxygen atoms in total. The van der Waals surface area contributed by atoms with Crippen LogP contribution in [0.2, 0.25) is 0 Å². The van der Waals surface area contributed by atoms with Gasteiger partial charge in [-0.2, -0.15) is 0 Å². The van der Waals surface area contributed by atoms with Crippen LogP contribution in [0, 0.1) is 19.7 Å². The van der Waals surface area contributed by atoms with E-state index in [0.717, 1.165) is 16.7 Å². The lowest BCUT2D eigenvalue weighted by molar-refractivity contribution is 0.0714. The highest BCUT2D eigenvalue weighted by Gasteiger charge is 2.42. The van der Waals surface area contributed by atoms with E-state index in [2.05, 4.69) is 0 Å². The van der Waals surface area contributed by atoms with E-state index >= 15 is 0 Å². The SMILES string of the molecule is COc1ccc(CN2C(=O)c3oc4c(C)cc(C)cc4c(=O)c3C2c2ccc(F)cc2)cc1. The summed E-state index contributed by atoms with van der Waals surface area (Å²) >= 11 is 0. The molecular weight excluding hydrogens is 421 g/mol. The summed E-state index contributed by atoms with van der Waals surface area (Å²) in [5, 5.41) is 0.442. The summed E-state index contributed by atoms with van der Waals surface area (Å²) in [5.41, 5.74) is 3.72. The largest absolute Gasteiger partial charge is 0.497 e. The average molecular weight is 443 g/mol. The molecular formula is C27H22FNO4. The van der Waals surface area contributed by atoms with Gasteiger partial charge in [0.25, 0.3) is 5.91 Å². The van der Waals surface area contributed by atoms with Gasteiger partial charge in [-0.05, 0) is 66.4 Å². The Kier molecular flexibility index (Phi) is 5.01. The molecule has 1 aliphatic heterocycles. The maximum Gasteiger partial charge on any atom is 0.291 e. The summed E-state index contributed by atoms with van der Waals surface area (Å²) in [6.07, 6.45) is 0. The Morgan fingerprint density at radius 2 is 1.70 bits per heavy atom. The molecule has 4 aromatic rings. The van der Waals surface area contributed by atoms with Crippen molar-refractivity contribution in [2.75, 3.05) is 7.11 Å². The van der Waals surface area contributed by atoms with Crippen molar-refractivity contribution in [1.29, 1.82) is 0 Å². The number of fused-ring (bicyclic) bond motifs is 2. The Balaban J connectivity index is 1.71. The number of methoxy groups -OCH3 is 1. The van der Waals surface area contributed by atoms with Crippen LogP contribution in [0.25, 0.3) is 11.0 Å². The van der Waals surface area contributed by atoms with E-state index < -0.39 is 6.04 Å². The second-order valence-electron chi connectivity index (χ2n) is 8.37. The minimum Gasteiger partial charge on any atom is -0.497 e. The number of carbonyl (C=O) groups is 1. The average Bonchev–Trinajstić information content (AvgIpc) is 3.08. The van der Waals surface area contributed by atoms with Gasteiger partial charge in [-0.1, -0.05) is 30.3 Å². The van der Waals surface area contributed by atoms with Crippen molar-refractivity contribution in [2.45, 2.75) is 26.4 Å². The molecule has 6 heteroatoms. The van der Waals surface area contributed by atoms with Crippen molar-refractivity contribution in [3.05, 3.63) is 110 Å². The zero-order chi connectivity index (χ0) is 23.3. The number of ether oxygens (including phenoxy) is 1. The Morgan fingerprint density at radius 1 is 1.00 bits per heavy atom. The van der Waals surface area contributed by atoms with E-state index in [4.69, 9.17) is 9.15 Å². The number of rotatable bonds is 4. The molecule has 0 spiro atoms. The van der Waals surface area contributed by atoms with E-state index in [1.807, 2.05) is 44.2 Å². The van der Waals surface area contributed by atoms with Crippen LogP contribution >= 0.6 is 0 Å². The topological polar surface area (TPSA) is 59.8 Å². The second-order valence-corrected chi connectivity index (χ2v) is 8.37. The van der Waals surface area contributed by atoms with Crippen LogP contribution < -0.4 is 10.2 Å². The van der Waals surface area contributed by atoms with Crippen LogP contribution in [0.3, 0.4) is 0 Å². The number of amides is 1. The van der Waals surface area contributed by atoms with Crippen molar-refractivity contribution >= 4 is 16.9 Å². The molecule has 5 rings (SSSR count). The van der Waals surface area contributed by atoms with Gasteiger partial charge >= 0.3 is 0 Å². The number of halogens is 1. The van der Waals surface area contributed by atoms with E-state index in [-0.39, 0.29) is 35.0 Å². The van der Waals surface area contributed by atoms with Gasteiger partial charge in [0.05, 0.1) is 24.1 Å². The summed E-state index contributed by atoms with van der Waals surface area (Å²) in [7, 11) is 1.59. The van der Waals surface area contributed by atoms with E-state index in [9.17, 15) is 14.0 Å². The molecule has 166 valence electrons. The molecule has 1 amide bonds. The third kappa shape index (κ3) is 3.48. The number of hydrogen-bond donors (Lipinski definition) is 0. The number of aryl methyl sites for hydroxylation is 2. The molecule has 33 heavy (non-hydrogen) atoms. The number of hydrogen-bond acceptors (Lipinski definition) is 4. The molecule has 0 radical (unpaired) electrons. The molecule has 0 saturated heterocycles. The highest BCUT2D eigenvalue weighted by Crippen LogP contribution is 2.39. The Bertz CT molecular complexity index is 1440. The summed E-state index contributed by atoms with van der Waals surface area (Å²) < 4.78 is 25.0. The summed E-state index contributed by atoms with van der Waals surface area (Å²) in [5.74, 6) is -0.00277. The molecule has 0 aliphatic carbocycles. The fraction of sp³-hybridized carbons (Fsp3) is 0.185. The first-order valence-corrected chi connectivity index (χ1v) is 10.6.